The highest BCUT2D eigenvalue weighted by molar-refractivity contribution is 5.96. The highest BCUT2D eigenvalue weighted by Gasteiger charge is 2.33. The zero-order valence-corrected chi connectivity index (χ0v) is 22.2. The summed E-state index contributed by atoms with van der Waals surface area (Å²) in [5, 5.41) is 3.22. The van der Waals surface area contributed by atoms with Crippen LogP contribution in [0.5, 0.6) is 5.75 Å². The van der Waals surface area contributed by atoms with E-state index in [9.17, 15) is 18.0 Å². The lowest BCUT2D eigenvalue weighted by Gasteiger charge is -2.23. The van der Waals surface area contributed by atoms with Gasteiger partial charge in [-0.15, -0.1) is 0 Å². The smallest absolute Gasteiger partial charge is 0.416 e. The van der Waals surface area contributed by atoms with Crippen molar-refractivity contribution in [1.29, 1.82) is 0 Å². The lowest BCUT2D eigenvalue weighted by atomic mass is 9.93. The summed E-state index contributed by atoms with van der Waals surface area (Å²) < 4.78 is 45.9. The van der Waals surface area contributed by atoms with Crippen molar-refractivity contribution in [1.82, 2.24) is 5.32 Å². The molecule has 0 aliphatic rings. The van der Waals surface area contributed by atoms with E-state index >= 15 is 0 Å². The summed E-state index contributed by atoms with van der Waals surface area (Å²) >= 11 is 0. The molecule has 3 nitrogen and oxygen atoms in total. The molecule has 0 aromatic heterocycles. The Morgan fingerprint density at radius 2 is 1.62 bits per heavy atom. The third-order valence-electron chi connectivity index (χ3n) is 6.22. The second-order valence-electron chi connectivity index (χ2n) is 10.1. The monoisotopic (exact) mass is 511 g/mol. The zero-order chi connectivity index (χ0) is 27.2. The molecule has 0 spiro atoms. The third kappa shape index (κ3) is 7.85. The molecule has 37 heavy (non-hydrogen) atoms. The molecule has 1 atom stereocenters. The Morgan fingerprint density at radius 1 is 0.946 bits per heavy atom. The summed E-state index contributed by atoms with van der Waals surface area (Å²) in [6.45, 7) is 10.1. The van der Waals surface area contributed by atoms with Crippen molar-refractivity contribution < 1.29 is 22.7 Å². The second kappa shape index (κ2) is 12.3. The number of rotatable bonds is 10. The van der Waals surface area contributed by atoms with Crippen LogP contribution in [0.2, 0.25) is 0 Å². The molecule has 0 fully saturated rings. The van der Waals surface area contributed by atoms with Gasteiger partial charge >= 0.3 is 6.18 Å². The van der Waals surface area contributed by atoms with Crippen LogP contribution in [0.4, 0.5) is 13.2 Å². The van der Waals surface area contributed by atoms with Crippen molar-refractivity contribution >= 4 is 5.91 Å². The van der Waals surface area contributed by atoms with Gasteiger partial charge in [-0.2, -0.15) is 13.2 Å². The number of ether oxygens (including phenoxy) is 1. The van der Waals surface area contributed by atoms with E-state index in [1.54, 1.807) is 18.2 Å². The summed E-state index contributed by atoms with van der Waals surface area (Å²) in [4.78, 5) is 13.6. The van der Waals surface area contributed by atoms with Gasteiger partial charge < -0.3 is 10.1 Å². The predicted octanol–water partition coefficient (Wildman–Crippen LogP) is 8.37. The summed E-state index contributed by atoms with van der Waals surface area (Å²) in [6.07, 6.45) is -2.12. The first-order valence-corrected chi connectivity index (χ1v) is 12.8. The molecule has 3 rings (SSSR count). The van der Waals surface area contributed by atoms with Gasteiger partial charge in [-0.1, -0.05) is 80.8 Å². The molecule has 6 heteroatoms. The van der Waals surface area contributed by atoms with Crippen molar-refractivity contribution in [2.45, 2.75) is 72.7 Å². The molecule has 0 bridgehead atoms. The first kappa shape index (κ1) is 28.3. The van der Waals surface area contributed by atoms with Crippen molar-refractivity contribution in [3.63, 3.8) is 0 Å². The average Bonchev–Trinajstić information content (AvgIpc) is 2.81. The SMILES string of the molecule is CCCc1ccc(OCc2ccccc2C(F)(F)F)cc1C(=O)NC(CC(C)C)c1cc(C)cc(C)c1. The molecule has 0 saturated heterocycles. The Balaban J connectivity index is 1.88. The van der Waals surface area contributed by atoms with E-state index in [2.05, 4.69) is 37.4 Å². The van der Waals surface area contributed by atoms with Crippen LogP contribution in [0.1, 0.15) is 83.4 Å². The van der Waals surface area contributed by atoms with Gasteiger partial charge in [0.15, 0.2) is 0 Å². The van der Waals surface area contributed by atoms with Crippen LogP contribution < -0.4 is 10.1 Å². The molecular weight excluding hydrogens is 475 g/mol. The number of nitrogens with one attached hydrogen (secondary N) is 1. The van der Waals surface area contributed by atoms with Crippen molar-refractivity contribution in [2.24, 2.45) is 5.92 Å². The van der Waals surface area contributed by atoms with Gasteiger partial charge in [0.25, 0.3) is 5.91 Å². The highest BCUT2D eigenvalue weighted by Crippen LogP contribution is 2.33. The number of hydrogen-bond acceptors (Lipinski definition) is 2. The van der Waals surface area contributed by atoms with Crippen molar-refractivity contribution in [3.05, 3.63) is 99.6 Å². The lowest BCUT2D eigenvalue weighted by molar-refractivity contribution is -0.138. The fourth-order valence-corrected chi connectivity index (χ4v) is 4.62. The summed E-state index contributed by atoms with van der Waals surface area (Å²) in [5.41, 5.74) is 4.03. The Morgan fingerprint density at radius 3 is 2.24 bits per heavy atom. The fraction of sp³-hybridized carbons (Fsp3) is 0.387. The molecule has 3 aromatic rings. The van der Waals surface area contributed by atoms with Gasteiger partial charge in [-0.3, -0.25) is 4.79 Å². The molecule has 0 radical (unpaired) electrons. The number of carbonyl (C=O) groups is 1. The molecular formula is C31H36F3NO2. The Kier molecular flexibility index (Phi) is 9.41. The minimum Gasteiger partial charge on any atom is -0.489 e. The minimum atomic E-state index is -4.46. The van der Waals surface area contributed by atoms with Crippen LogP contribution in [0.3, 0.4) is 0 Å². The molecule has 1 unspecified atom stereocenters. The summed E-state index contributed by atoms with van der Waals surface area (Å²) in [6, 6.07) is 16.7. The number of hydrogen-bond donors (Lipinski definition) is 1. The molecule has 0 saturated carbocycles. The van der Waals surface area contributed by atoms with Crippen LogP contribution in [-0.2, 0) is 19.2 Å². The van der Waals surface area contributed by atoms with Gasteiger partial charge in [0.2, 0.25) is 0 Å². The molecule has 0 aliphatic carbocycles. The Bertz CT molecular complexity index is 1200. The minimum absolute atomic E-state index is 0.0467. The third-order valence-corrected chi connectivity index (χ3v) is 6.22. The van der Waals surface area contributed by atoms with E-state index in [0.29, 0.717) is 23.7 Å². The van der Waals surface area contributed by atoms with E-state index in [1.807, 2.05) is 26.8 Å². The van der Waals surface area contributed by atoms with E-state index in [1.165, 1.54) is 12.1 Å². The number of carbonyl (C=O) groups excluding carboxylic acids is 1. The normalized spacial score (nSPS) is 12.5. The maximum atomic E-state index is 13.6. The Hall–Kier alpha value is -3.28. The fourth-order valence-electron chi connectivity index (χ4n) is 4.62. The van der Waals surface area contributed by atoms with Crippen molar-refractivity contribution in [3.8, 4) is 5.75 Å². The average molecular weight is 512 g/mol. The van der Waals surface area contributed by atoms with Crippen LogP contribution in [0.25, 0.3) is 0 Å². The predicted molar refractivity (Wildman–Crippen MR) is 142 cm³/mol. The lowest BCUT2D eigenvalue weighted by Crippen LogP contribution is -2.30. The van der Waals surface area contributed by atoms with Crippen LogP contribution in [0, 0.1) is 19.8 Å². The largest absolute Gasteiger partial charge is 0.489 e. The van der Waals surface area contributed by atoms with Crippen LogP contribution in [-0.4, -0.2) is 5.91 Å². The maximum Gasteiger partial charge on any atom is 0.416 e. The van der Waals surface area contributed by atoms with E-state index < -0.39 is 11.7 Å². The topological polar surface area (TPSA) is 38.3 Å². The van der Waals surface area contributed by atoms with Gasteiger partial charge in [0.05, 0.1) is 11.6 Å². The van der Waals surface area contributed by atoms with Crippen molar-refractivity contribution in [2.75, 3.05) is 0 Å². The van der Waals surface area contributed by atoms with Gasteiger partial charge in [0.1, 0.15) is 12.4 Å². The second-order valence-corrected chi connectivity index (χ2v) is 10.1. The highest BCUT2D eigenvalue weighted by atomic mass is 19.4. The number of benzene rings is 3. The quantitative estimate of drug-likeness (QED) is 0.297. The number of amides is 1. The number of aryl methyl sites for hydroxylation is 3. The van der Waals surface area contributed by atoms with E-state index in [-0.39, 0.29) is 24.1 Å². The molecule has 0 aliphatic heterocycles. The van der Waals surface area contributed by atoms with Crippen LogP contribution >= 0.6 is 0 Å². The molecule has 0 heterocycles. The molecule has 3 aromatic carbocycles. The summed E-state index contributed by atoms with van der Waals surface area (Å²) in [7, 11) is 0. The molecule has 198 valence electrons. The zero-order valence-electron chi connectivity index (χ0n) is 22.2. The van der Waals surface area contributed by atoms with E-state index in [0.717, 1.165) is 41.2 Å². The molecule has 1 N–H and O–H groups in total. The van der Waals surface area contributed by atoms with Gasteiger partial charge in [0, 0.05) is 11.1 Å². The standard InChI is InChI=1S/C31H36F3NO2/c1-6-9-23-12-13-26(37-19-24-10-7-8-11-28(24)31(32,33)34)18-27(23)30(36)35-29(14-20(2)3)25-16-21(4)15-22(5)17-25/h7-8,10-13,15-18,20,29H,6,9,14,19H2,1-5H3,(H,35,36). The molecule has 1 amide bonds. The number of halogens is 3. The van der Waals surface area contributed by atoms with E-state index in [4.69, 9.17) is 4.74 Å². The maximum absolute atomic E-state index is 13.6. The van der Waals surface area contributed by atoms with Gasteiger partial charge in [-0.05, 0) is 61.9 Å². The van der Waals surface area contributed by atoms with Gasteiger partial charge in [-0.25, -0.2) is 0 Å². The first-order chi connectivity index (χ1) is 17.5. The summed E-state index contributed by atoms with van der Waals surface area (Å²) in [5.74, 6) is 0.507. The first-order valence-electron chi connectivity index (χ1n) is 12.8. The van der Waals surface area contributed by atoms with Crippen LogP contribution in [0.15, 0.2) is 60.7 Å². The number of alkyl halides is 3. The Labute approximate surface area is 218 Å².